The Morgan fingerprint density at radius 1 is 1.19 bits per heavy atom. The molecule has 0 saturated carbocycles. The van der Waals surface area contributed by atoms with Gasteiger partial charge in [-0.15, -0.1) is 13.2 Å². The number of aryl methyl sites for hydroxylation is 1. The summed E-state index contributed by atoms with van der Waals surface area (Å²) in [6.07, 6.45) is 10.3. The first kappa shape index (κ1) is 12.8. The van der Waals surface area contributed by atoms with Gasteiger partial charge in [0, 0.05) is 25.0 Å². The Morgan fingerprint density at radius 3 is 2.56 bits per heavy atom. The van der Waals surface area contributed by atoms with Gasteiger partial charge in [0.1, 0.15) is 5.82 Å². The van der Waals surface area contributed by atoms with Crippen molar-refractivity contribution in [1.82, 2.24) is 9.97 Å². The molecule has 2 heteroatoms. The first-order valence-corrected chi connectivity index (χ1v) is 6.10. The molecule has 1 N–H and O–H groups in total. The van der Waals surface area contributed by atoms with Crippen molar-refractivity contribution in [3.63, 3.8) is 0 Å². The smallest absolute Gasteiger partial charge is 0.106 e. The summed E-state index contributed by atoms with van der Waals surface area (Å²) < 4.78 is 0. The second-order valence-electron chi connectivity index (χ2n) is 4.05. The van der Waals surface area contributed by atoms with Gasteiger partial charge in [0.15, 0.2) is 0 Å². The zero-order valence-corrected chi connectivity index (χ0v) is 10.3. The summed E-state index contributed by atoms with van der Waals surface area (Å²) in [6, 6.07) is 0. The summed E-state index contributed by atoms with van der Waals surface area (Å²) in [7, 11) is 0. The van der Waals surface area contributed by atoms with Crippen LogP contribution in [0.3, 0.4) is 0 Å². The van der Waals surface area contributed by atoms with E-state index in [0.717, 1.165) is 30.8 Å². The maximum absolute atomic E-state index is 4.62. The highest BCUT2D eigenvalue weighted by atomic mass is 14.9. The van der Waals surface area contributed by atoms with Crippen molar-refractivity contribution in [2.24, 2.45) is 0 Å². The van der Waals surface area contributed by atoms with Crippen LogP contribution in [0.25, 0.3) is 0 Å². The third-order valence-corrected chi connectivity index (χ3v) is 2.62. The minimum Gasteiger partial charge on any atom is -0.345 e. The lowest BCUT2D eigenvalue weighted by atomic mass is 10.2. The Bertz CT molecular complexity index is 309. The molecule has 1 aromatic rings. The number of hydrogen-bond donors (Lipinski definition) is 1. The van der Waals surface area contributed by atoms with Crippen LogP contribution in [0.4, 0.5) is 0 Å². The molecule has 0 amide bonds. The molecule has 0 fully saturated rings. The SMILES string of the molecule is C=CCc1nc(CCCCC)[nH]c1CC=C. The molecule has 1 aromatic heterocycles. The van der Waals surface area contributed by atoms with Crippen LogP contribution in [0.15, 0.2) is 25.3 Å². The standard InChI is InChI=1S/C14H22N2/c1-4-7-8-11-14-15-12(9-5-2)13(16-14)10-6-3/h5-6H,2-4,7-11H2,1H3,(H,15,16). The average Bonchev–Trinajstić information content (AvgIpc) is 2.63. The van der Waals surface area contributed by atoms with Gasteiger partial charge in [0.2, 0.25) is 0 Å². The first-order valence-electron chi connectivity index (χ1n) is 6.10. The van der Waals surface area contributed by atoms with Crippen LogP contribution >= 0.6 is 0 Å². The van der Waals surface area contributed by atoms with E-state index in [9.17, 15) is 0 Å². The number of allylic oxidation sites excluding steroid dienone is 2. The monoisotopic (exact) mass is 218 g/mol. The van der Waals surface area contributed by atoms with Crippen molar-refractivity contribution in [2.45, 2.75) is 45.4 Å². The number of aromatic amines is 1. The van der Waals surface area contributed by atoms with Gasteiger partial charge in [0.25, 0.3) is 0 Å². The fraction of sp³-hybridized carbons (Fsp3) is 0.500. The molecule has 88 valence electrons. The van der Waals surface area contributed by atoms with Gasteiger partial charge in [-0.3, -0.25) is 0 Å². The first-order chi connectivity index (χ1) is 7.81. The molecule has 0 spiro atoms. The van der Waals surface area contributed by atoms with Crippen LogP contribution in [0.5, 0.6) is 0 Å². The molecule has 0 aliphatic heterocycles. The third-order valence-electron chi connectivity index (χ3n) is 2.62. The molecule has 0 bridgehead atoms. The van der Waals surface area contributed by atoms with Crippen molar-refractivity contribution >= 4 is 0 Å². The van der Waals surface area contributed by atoms with Crippen molar-refractivity contribution in [1.29, 1.82) is 0 Å². The summed E-state index contributed by atoms with van der Waals surface area (Å²) in [5.74, 6) is 1.11. The lowest BCUT2D eigenvalue weighted by Gasteiger charge is -1.94. The normalized spacial score (nSPS) is 10.3. The van der Waals surface area contributed by atoms with Crippen LogP contribution in [-0.4, -0.2) is 9.97 Å². The van der Waals surface area contributed by atoms with E-state index in [1.165, 1.54) is 25.0 Å². The molecule has 1 rings (SSSR count). The Labute approximate surface area is 98.5 Å². The van der Waals surface area contributed by atoms with Crippen LogP contribution in [0.1, 0.15) is 43.4 Å². The summed E-state index contributed by atoms with van der Waals surface area (Å²) >= 11 is 0. The average molecular weight is 218 g/mol. The predicted octanol–water partition coefficient (Wildman–Crippen LogP) is 3.60. The third kappa shape index (κ3) is 3.69. The van der Waals surface area contributed by atoms with Gasteiger partial charge in [-0.05, 0) is 6.42 Å². The van der Waals surface area contributed by atoms with Gasteiger partial charge < -0.3 is 4.98 Å². The molecule has 0 aliphatic rings. The number of imidazole rings is 1. The van der Waals surface area contributed by atoms with E-state index >= 15 is 0 Å². The minimum atomic E-state index is 0.841. The van der Waals surface area contributed by atoms with Crippen LogP contribution in [0, 0.1) is 0 Å². The van der Waals surface area contributed by atoms with E-state index in [0.29, 0.717) is 0 Å². The largest absolute Gasteiger partial charge is 0.345 e. The molecule has 1 heterocycles. The van der Waals surface area contributed by atoms with E-state index < -0.39 is 0 Å². The lowest BCUT2D eigenvalue weighted by Crippen LogP contribution is -1.89. The number of nitrogens with zero attached hydrogens (tertiary/aromatic N) is 1. The van der Waals surface area contributed by atoms with Gasteiger partial charge in [0.05, 0.1) is 5.69 Å². The number of nitrogens with one attached hydrogen (secondary N) is 1. The molecule has 0 unspecified atom stereocenters. The fourth-order valence-electron chi connectivity index (χ4n) is 1.78. The fourth-order valence-corrected chi connectivity index (χ4v) is 1.78. The summed E-state index contributed by atoms with van der Waals surface area (Å²) in [6.45, 7) is 9.75. The molecular formula is C14H22N2. The van der Waals surface area contributed by atoms with Crippen LogP contribution < -0.4 is 0 Å². The van der Waals surface area contributed by atoms with Crippen molar-refractivity contribution < 1.29 is 0 Å². The maximum atomic E-state index is 4.62. The number of aromatic nitrogens is 2. The molecule has 0 saturated heterocycles. The predicted molar refractivity (Wildman–Crippen MR) is 69.6 cm³/mol. The maximum Gasteiger partial charge on any atom is 0.106 e. The second kappa shape index (κ2) is 7.04. The summed E-state index contributed by atoms with van der Waals surface area (Å²) in [5, 5.41) is 0. The van der Waals surface area contributed by atoms with E-state index in [2.05, 4.69) is 30.0 Å². The highest BCUT2D eigenvalue weighted by molar-refractivity contribution is 5.19. The minimum absolute atomic E-state index is 0.841. The number of rotatable bonds is 8. The van der Waals surface area contributed by atoms with Crippen molar-refractivity contribution in [2.75, 3.05) is 0 Å². The van der Waals surface area contributed by atoms with E-state index in [4.69, 9.17) is 0 Å². The Balaban J connectivity index is 2.67. The molecule has 16 heavy (non-hydrogen) atoms. The molecule has 0 radical (unpaired) electrons. The van der Waals surface area contributed by atoms with Crippen LogP contribution in [0.2, 0.25) is 0 Å². The van der Waals surface area contributed by atoms with E-state index in [-0.39, 0.29) is 0 Å². The lowest BCUT2D eigenvalue weighted by molar-refractivity contribution is 0.697. The zero-order valence-electron chi connectivity index (χ0n) is 10.3. The van der Waals surface area contributed by atoms with Gasteiger partial charge in [-0.25, -0.2) is 4.98 Å². The highest BCUT2D eigenvalue weighted by Gasteiger charge is 2.07. The summed E-state index contributed by atoms with van der Waals surface area (Å²) in [4.78, 5) is 8.01. The van der Waals surface area contributed by atoms with Gasteiger partial charge >= 0.3 is 0 Å². The number of hydrogen-bond acceptors (Lipinski definition) is 1. The second-order valence-corrected chi connectivity index (χ2v) is 4.05. The van der Waals surface area contributed by atoms with Crippen molar-refractivity contribution in [3.8, 4) is 0 Å². The highest BCUT2D eigenvalue weighted by Crippen LogP contribution is 2.11. The molecule has 0 aliphatic carbocycles. The van der Waals surface area contributed by atoms with Gasteiger partial charge in [-0.1, -0.05) is 31.9 Å². The molecule has 2 nitrogen and oxygen atoms in total. The Kier molecular flexibility index (Phi) is 5.62. The Hall–Kier alpha value is -1.31. The van der Waals surface area contributed by atoms with E-state index in [1.807, 2.05) is 12.2 Å². The zero-order chi connectivity index (χ0) is 11.8. The number of H-pyrrole nitrogens is 1. The number of unbranched alkanes of at least 4 members (excludes halogenated alkanes) is 2. The molecule has 0 aromatic carbocycles. The van der Waals surface area contributed by atoms with Crippen LogP contribution in [-0.2, 0) is 19.3 Å². The van der Waals surface area contributed by atoms with Gasteiger partial charge in [-0.2, -0.15) is 0 Å². The summed E-state index contributed by atoms with van der Waals surface area (Å²) in [5.41, 5.74) is 2.32. The topological polar surface area (TPSA) is 28.7 Å². The van der Waals surface area contributed by atoms with E-state index in [1.54, 1.807) is 0 Å². The van der Waals surface area contributed by atoms with Crippen molar-refractivity contribution in [3.05, 3.63) is 42.5 Å². The molecular weight excluding hydrogens is 196 g/mol. The Morgan fingerprint density at radius 2 is 1.94 bits per heavy atom. The molecule has 0 atom stereocenters. The quantitative estimate of drug-likeness (QED) is 0.524.